The first-order valence-corrected chi connectivity index (χ1v) is 7.85. The first kappa shape index (κ1) is 11.9. The highest BCUT2D eigenvalue weighted by molar-refractivity contribution is 7.14. The number of nitrogens with one attached hydrogen (secondary N) is 1. The second-order valence-electron chi connectivity index (χ2n) is 4.65. The lowest BCUT2D eigenvalue weighted by Crippen LogP contribution is -2.34. The van der Waals surface area contributed by atoms with E-state index in [0.29, 0.717) is 11.6 Å². The predicted molar refractivity (Wildman–Crippen MR) is 75.1 cm³/mol. The summed E-state index contributed by atoms with van der Waals surface area (Å²) in [5.41, 5.74) is 1.63. The fourth-order valence-electron chi connectivity index (χ4n) is 1.89. The standard InChI is InChI=1S/C13H14N2OS2/c1-8(9-2-3-9)14-12(16)11-7-18-13(15-11)10-4-5-17-6-10/h4-9H,2-3H2,1H3,(H,14,16)/t8-/m1/s1. The number of rotatable bonds is 4. The van der Waals surface area contributed by atoms with Gasteiger partial charge in [0.1, 0.15) is 10.7 Å². The number of thiophene rings is 1. The molecule has 18 heavy (non-hydrogen) atoms. The Bertz CT molecular complexity index is 543. The summed E-state index contributed by atoms with van der Waals surface area (Å²) in [6.45, 7) is 2.07. The third kappa shape index (κ3) is 2.47. The highest BCUT2D eigenvalue weighted by atomic mass is 32.1. The zero-order valence-corrected chi connectivity index (χ0v) is 11.7. The molecule has 0 spiro atoms. The molecule has 5 heteroatoms. The summed E-state index contributed by atoms with van der Waals surface area (Å²) >= 11 is 3.16. The quantitative estimate of drug-likeness (QED) is 0.931. The first-order chi connectivity index (χ1) is 8.74. The topological polar surface area (TPSA) is 42.0 Å². The van der Waals surface area contributed by atoms with Crippen LogP contribution in [0.4, 0.5) is 0 Å². The molecule has 3 rings (SSSR count). The van der Waals surface area contributed by atoms with Crippen molar-refractivity contribution in [2.24, 2.45) is 5.92 Å². The maximum absolute atomic E-state index is 12.0. The van der Waals surface area contributed by atoms with Crippen LogP contribution in [-0.2, 0) is 0 Å². The van der Waals surface area contributed by atoms with Gasteiger partial charge >= 0.3 is 0 Å². The van der Waals surface area contributed by atoms with E-state index in [4.69, 9.17) is 0 Å². The third-order valence-corrected chi connectivity index (χ3v) is 4.77. The monoisotopic (exact) mass is 278 g/mol. The fourth-order valence-corrected chi connectivity index (χ4v) is 3.40. The lowest BCUT2D eigenvalue weighted by atomic mass is 10.2. The molecule has 1 fully saturated rings. The summed E-state index contributed by atoms with van der Waals surface area (Å²) in [5, 5.41) is 9.85. The van der Waals surface area contributed by atoms with Crippen molar-refractivity contribution in [1.29, 1.82) is 0 Å². The van der Waals surface area contributed by atoms with Gasteiger partial charge in [-0.15, -0.1) is 11.3 Å². The van der Waals surface area contributed by atoms with Crippen LogP contribution < -0.4 is 5.32 Å². The minimum absolute atomic E-state index is 0.0490. The second-order valence-corrected chi connectivity index (χ2v) is 6.29. The lowest BCUT2D eigenvalue weighted by molar-refractivity contribution is 0.0931. The molecule has 94 valence electrons. The van der Waals surface area contributed by atoms with Crippen LogP contribution in [0, 0.1) is 5.92 Å². The molecule has 0 aromatic carbocycles. The minimum Gasteiger partial charge on any atom is -0.348 e. The zero-order chi connectivity index (χ0) is 12.5. The van der Waals surface area contributed by atoms with Gasteiger partial charge in [-0.1, -0.05) is 0 Å². The van der Waals surface area contributed by atoms with Crippen molar-refractivity contribution in [3.05, 3.63) is 27.9 Å². The first-order valence-electron chi connectivity index (χ1n) is 6.03. The van der Waals surface area contributed by atoms with Gasteiger partial charge in [-0.3, -0.25) is 4.79 Å². The fraction of sp³-hybridized carbons (Fsp3) is 0.385. The van der Waals surface area contributed by atoms with Gasteiger partial charge in [0.2, 0.25) is 0 Å². The molecule has 2 aromatic heterocycles. The highest BCUT2D eigenvalue weighted by Crippen LogP contribution is 2.32. The Labute approximate surface area is 114 Å². The van der Waals surface area contributed by atoms with Crippen LogP contribution in [0.25, 0.3) is 10.6 Å². The van der Waals surface area contributed by atoms with Crippen molar-refractivity contribution in [3.63, 3.8) is 0 Å². The van der Waals surface area contributed by atoms with Crippen LogP contribution in [0.15, 0.2) is 22.2 Å². The van der Waals surface area contributed by atoms with Crippen LogP contribution in [0.5, 0.6) is 0 Å². The molecule has 0 unspecified atom stereocenters. The molecule has 2 aromatic rings. The van der Waals surface area contributed by atoms with Gasteiger partial charge < -0.3 is 5.32 Å². The lowest BCUT2D eigenvalue weighted by Gasteiger charge is -2.10. The van der Waals surface area contributed by atoms with E-state index in [1.54, 1.807) is 11.3 Å². The zero-order valence-electron chi connectivity index (χ0n) is 10.1. The predicted octanol–water partition coefficient (Wildman–Crippen LogP) is 3.40. The summed E-state index contributed by atoms with van der Waals surface area (Å²) in [4.78, 5) is 16.4. The van der Waals surface area contributed by atoms with Crippen LogP contribution in [-0.4, -0.2) is 16.9 Å². The third-order valence-electron chi connectivity index (χ3n) is 3.19. The molecule has 0 saturated heterocycles. The van der Waals surface area contributed by atoms with E-state index in [1.165, 1.54) is 24.2 Å². The van der Waals surface area contributed by atoms with Crippen LogP contribution in [0.3, 0.4) is 0 Å². The van der Waals surface area contributed by atoms with Crippen LogP contribution >= 0.6 is 22.7 Å². The molecule has 1 atom stereocenters. The Kier molecular flexibility index (Phi) is 3.18. The molecular formula is C13H14N2OS2. The van der Waals surface area contributed by atoms with Gasteiger partial charge in [0.05, 0.1) is 0 Å². The summed E-state index contributed by atoms with van der Waals surface area (Å²) in [5.74, 6) is 0.621. The molecule has 0 aliphatic heterocycles. The Morgan fingerprint density at radius 3 is 3.00 bits per heavy atom. The normalized spacial score (nSPS) is 16.5. The Morgan fingerprint density at radius 1 is 1.50 bits per heavy atom. The van der Waals surface area contributed by atoms with Crippen molar-refractivity contribution in [3.8, 4) is 10.6 Å². The molecule has 1 amide bonds. The van der Waals surface area contributed by atoms with E-state index in [2.05, 4.69) is 17.2 Å². The molecule has 1 aliphatic rings. The number of thiazole rings is 1. The van der Waals surface area contributed by atoms with Crippen LogP contribution in [0.1, 0.15) is 30.3 Å². The number of amides is 1. The summed E-state index contributed by atoms with van der Waals surface area (Å²) in [7, 11) is 0. The maximum atomic E-state index is 12.0. The number of nitrogens with zero attached hydrogens (tertiary/aromatic N) is 1. The number of aromatic nitrogens is 1. The molecule has 2 heterocycles. The molecule has 1 N–H and O–H groups in total. The van der Waals surface area contributed by atoms with E-state index in [0.717, 1.165) is 10.6 Å². The number of hydrogen-bond donors (Lipinski definition) is 1. The van der Waals surface area contributed by atoms with Gasteiger partial charge in [0.15, 0.2) is 0 Å². The van der Waals surface area contributed by atoms with Crippen molar-refractivity contribution >= 4 is 28.6 Å². The average Bonchev–Trinajstić information content (AvgIpc) is 2.89. The number of carbonyl (C=O) groups is 1. The number of hydrogen-bond acceptors (Lipinski definition) is 4. The van der Waals surface area contributed by atoms with Gasteiger partial charge in [-0.25, -0.2) is 4.98 Å². The molecule has 1 aliphatic carbocycles. The Balaban J connectivity index is 1.70. The molecule has 1 saturated carbocycles. The highest BCUT2D eigenvalue weighted by Gasteiger charge is 2.29. The van der Waals surface area contributed by atoms with Gasteiger partial charge in [0.25, 0.3) is 5.91 Å². The summed E-state index contributed by atoms with van der Waals surface area (Å²) < 4.78 is 0. The Hall–Kier alpha value is -1.20. The SMILES string of the molecule is C[C@@H](NC(=O)c1csc(-c2ccsc2)n1)C1CC1. The minimum atomic E-state index is -0.0490. The van der Waals surface area contributed by atoms with Gasteiger partial charge in [-0.2, -0.15) is 11.3 Å². The maximum Gasteiger partial charge on any atom is 0.270 e. The molecule has 0 radical (unpaired) electrons. The largest absolute Gasteiger partial charge is 0.348 e. The van der Waals surface area contributed by atoms with Crippen molar-refractivity contribution in [1.82, 2.24) is 10.3 Å². The van der Waals surface area contributed by atoms with Gasteiger partial charge in [-0.05, 0) is 37.1 Å². The number of carbonyl (C=O) groups excluding carboxylic acids is 1. The average molecular weight is 278 g/mol. The van der Waals surface area contributed by atoms with E-state index < -0.39 is 0 Å². The Morgan fingerprint density at radius 2 is 2.33 bits per heavy atom. The summed E-state index contributed by atoms with van der Waals surface area (Å²) in [6, 6.07) is 2.29. The molecule has 3 nitrogen and oxygen atoms in total. The van der Waals surface area contributed by atoms with E-state index in [-0.39, 0.29) is 11.9 Å². The molecular weight excluding hydrogens is 264 g/mol. The van der Waals surface area contributed by atoms with Crippen molar-refractivity contribution < 1.29 is 4.79 Å². The van der Waals surface area contributed by atoms with E-state index >= 15 is 0 Å². The van der Waals surface area contributed by atoms with Crippen molar-refractivity contribution in [2.45, 2.75) is 25.8 Å². The van der Waals surface area contributed by atoms with Crippen molar-refractivity contribution in [2.75, 3.05) is 0 Å². The summed E-state index contributed by atoms with van der Waals surface area (Å²) in [6.07, 6.45) is 2.47. The molecule has 0 bridgehead atoms. The smallest absolute Gasteiger partial charge is 0.270 e. The van der Waals surface area contributed by atoms with E-state index in [1.807, 2.05) is 22.2 Å². The van der Waals surface area contributed by atoms with E-state index in [9.17, 15) is 4.79 Å². The second kappa shape index (κ2) is 4.82. The van der Waals surface area contributed by atoms with Gasteiger partial charge in [0, 0.05) is 22.4 Å². The van der Waals surface area contributed by atoms with Crippen LogP contribution in [0.2, 0.25) is 0 Å².